The average molecular weight is 239 g/mol. The molecular formula is C12H17NO4. The summed E-state index contributed by atoms with van der Waals surface area (Å²) in [5.41, 5.74) is 0.509. The number of hydrogen-bond donors (Lipinski definition) is 1. The Morgan fingerprint density at radius 2 is 2.12 bits per heavy atom. The minimum absolute atomic E-state index is 0.0385. The fourth-order valence-electron chi connectivity index (χ4n) is 1.35. The van der Waals surface area contributed by atoms with Gasteiger partial charge in [-0.1, -0.05) is 26.0 Å². The number of nitrogens with zero attached hydrogens (tertiary/aromatic N) is 1. The first-order chi connectivity index (χ1) is 7.93. The average Bonchev–Trinajstić information content (AvgIpc) is 2.24. The molecule has 0 spiro atoms. The van der Waals surface area contributed by atoms with Crippen LogP contribution in [0.5, 0.6) is 5.75 Å². The second kappa shape index (κ2) is 5.63. The molecule has 5 heteroatoms. The molecule has 1 unspecified atom stereocenters. The van der Waals surface area contributed by atoms with Crippen molar-refractivity contribution >= 4 is 5.69 Å². The summed E-state index contributed by atoms with van der Waals surface area (Å²) >= 11 is 0. The number of benzene rings is 1. The van der Waals surface area contributed by atoms with Crippen molar-refractivity contribution in [2.75, 3.05) is 6.61 Å². The SMILES string of the molecule is Cc1cccc(OCC(O)C(C)C)c1[N+](=O)[O-]. The van der Waals surface area contributed by atoms with E-state index in [1.807, 2.05) is 13.8 Å². The maximum absolute atomic E-state index is 10.9. The van der Waals surface area contributed by atoms with Crippen molar-refractivity contribution < 1.29 is 14.8 Å². The number of hydrogen-bond acceptors (Lipinski definition) is 4. The van der Waals surface area contributed by atoms with Crippen LogP contribution in [0.4, 0.5) is 5.69 Å². The molecule has 0 aliphatic heterocycles. The van der Waals surface area contributed by atoms with Crippen LogP contribution >= 0.6 is 0 Å². The Hall–Kier alpha value is -1.62. The number of para-hydroxylation sites is 1. The van der Waals surface area contributed by atoms with E-state index in [1.165, 1.54) is 6.07 Å². The highest BCUT2D eigenvalue weighted by molar-refractivity contribution is 5.52. The first-order valence-electron chi connectivity index (χ1n) is 5.48. The predicted octanol–water partition coefficient (Wildman–Crippen LogP) is 2.30. The Morgan fingerprint density at radius 1 is 1.47 bits per heavy atom. The highest BCUT2D eigenvalue weighted by atomic mass is 16.6. The third kappa shape index (κ3) is 3.42. The van der Waals surface area contributed by atoms with Gasteiger partial charge in [0, 0.05) is 5.56 Å². The molecule has 0 aliphatic carbocycles. The Bertz CT molecular complexity index is 403. The normalized spacial score (nSPS) is 12.5. The van der Waals surface area contributed by atoms with E-state index in [4.69, 9.17) is 4.74 Å². The van der Waals surface area contributed by atoms with E-state index >= 15 is 0 Å². The van der Waals surface area contributed by atoms with E-state index in [0.717, 1.165) is 0 Å². The highest BCUT2D eigenvalue weighted by Gasteiger charge is 2.19. The zero-order valence-corrected chi connectivity index (χ0v) is 10.2. The molecule has 1 aromatic carbocycles. The standard InChI is InChI=1S/C12H17NO4/c1-8(2)10(14)7-17-11-6-4-5-9(3)12(11)13(15)16/h4-6,8,10,14H,7H2,1-3H3. The summed E-state index contributed by atoms with van der Waals surface area (Å²) in [6.07, 6.45) is -0.630. The van der Waals surface area contributed by atoms with Crippen molar-refractivity contribution in [1.82, 2.24) is 0 Å². The highest BCUT2D eigenvalue weighted by Crippen LogP contribution is 2.30. The zero-order chi connectivity index (χ0) is 13.0. The number of rotatable bonds is 5. The molecule has 0 amide bonds. The fourth-order valence-corrected chi connectivity index (χ4v) is 1.35. The predicted molar refractivity (Wildman–Crippen MR) is 64.2 cm³/mol. The fraction of sp³-hybridized carbons (Fsp3) is 0.500. The molecule has 0 bridgehead atoms. The maximum atomic E-state index is 10.9. The maximum Gasteiger partial charge on any atom is 0.313 e. The number of aryl methyl sites for hydroxylation is 1. The number of ether oxygens (including phenoxy) is 1. The van der Waals surface area contributed by atoms with Crippen LogP contribution in [0.15, 0.2) is 18.2 Å². The van der Waals surface area contributed by atoms with Gasteiger partial charge in [-0.3, -0.25) is 10.1 Å². The summed E-state index contributed by atoms with van der Waals surface area (Å²) < 4.78 is 5.31. The van der Waals surface area contributed by atoms with E-state index in [1.54, 1.807) is 19.1 Å². The smallest absolute Gasteiger partial charge is 0.313 e. The topological polar surface area (TPSA) is 72.6 Å². The molecule has 0 heterocycles. The van der Waals surface area contributed by atoms with Gasteiger partial charge < -0.3 is 9.84 Å². The number of aliphatic hydroxyl groups excluding tert-OH is 1. The summed E-state index contributed by atoms with van der Waals surface area (Å²) in [6.45, 7) is 5.43. The minimum Gasteiger partial charge on any atom is -0.484 e. The molecule has 0 saturated heterocycles. The third-order valence-corrected chi connectivity index (χ3v) is 2.56. The number of aliphatic hydroxyl groups is 1. The van der Waals surface area contributed by atoms with E-state index in [9.17, 15) is 15.2 Å². The molecule has 5 nitrogen and oxygen atoms in total. The second-order valence-electron chi connectivity index (χ2n) is 4.30. The molecule has 1 N–H and O–H groups in total. The summed E-state index contributed by atoms with van der Waals surface area (Å²) in [4.78, 5) is 10.4. The van der Waals surface area contributed by atoms with Crippen LogP contribution in [-0.4, -0.2) is 22.7 Å². The zero-order valence-electron chi connectivity index (χ0n) is 10.2. The molecule has 0 aromatic heterocycles. The van der Waals surface area contributed by atoms with Gasteiger partial charge in [-0.15, -0.1) is 0 Å². The van der Waals surface area contributed by atoms with Crippen LogP contribution < -0.4 is 4.74 Å². The van der Waals surface area contributed by atoms with Crippen molar-refractivity contribution in [2.45, 2.75) is 26.9 Å². The van der Waals surface area contributed by atoms with Gasteiger partial charge in [0.1, 0.15) is 6.61 Å². The molecular weight excluding hydrogens is 222 g/mol. The largest absolute Gasteiger partial charge is 0.484 e. The van der Waals surface area contributed by atoms with Crippen molar-refractivity contribution in [3.8, 4) is 5.75 Å². The van der Waals surface area contributed by atoms with Crippen LogP contribution in [0, 0.1) is 23.0 Å². The molecule has 1 atom stereocenters. The van der Waals surface area contributed by atoms with E-state index < -0.39 is 11.0 Å². The van der Waals surface area contributed by atoms with Gasteiger partial charge in [-0.05, 0) is 18.9 Å². The molecule has 0 fully saturated rings. The first kappa shape index (κ1) is 13.4. The van der Waals surface area contributed by atoms with Crippen molar-refractivity contribution in [3.05, 3.63) is 33.9 Å². The van der Waals surface area contributed by atoms with Crippen LogP contribution in [-0.2, 0) is 0 Å². The molecule has 0 radical (unpaired) electrons. The van der Waals surface area contributed by atoms with Gasteiger partial charge in [0.05, 0.1) is 11.0 Å². The number of nitro benzene ring substituents is 1. The van der Waals surface area contributed by atoms with E-state index in [0.29, 0.717) is 5.56 Å². The van der Waals surface area contributed by atoms with Crippen LogP contribution in [0.25, 0.3) is 0 Å². The Morgan fingerprint density at radius 3 is 2.65 bits per heavy atom. The Labute approximate surface area is 100 Å². The quantitative estimate of drug-likeness (QED) is 0.632. The molecule has 94 valence electrons. The van der Waals surface area contributed by atoms with Gasteiger partial charge in [0.25, 0.3) is 0 Å². The van der Waals surface area contributed by atoms with Gasteiger partial charge in [-0.2, -0.15) is 0 Å². The van der Waals surface area contributed by atoms with Crippen LogP contribution in [0.1, 0.15) is 19.4 Å². The van der Waals surface area contributed by atoms with Gasteiger partial charge in [-0.25, -0.2) is 0 Å². The van der Waals surface area contributed by atoms with Crippen molar-refractivity contribution in [1.29, 1.82) is 0 Å². The van der Waals surface area contributed by atoms with E-state index in [2.05, 4.69) is 0 Å². The van der Waals surface area contributed by atoms with E-state index in [-0.39, 0.29) is 24.0 Å². The lowest BCUT2D eigenvalue weighted by Gasteiger charge is -2.15. The van der Waals surface area contributed by atoms with Crippen molar-refractivity contribution in [2.24, 2.45) is 5.92 Å². The van der Waals surface area contributed by atoms with Gasteiger partial charge in [0.15, 0.2) is 5.75 Å². The number of nitro groups is 1. The lowest BCUT2D eigenvalue weighted by atomic mass is 10.1. The summed E-state index contributed by atoms with van der Waals surface area (Å²) in [5, 5.41) is 20.5. The summed E-state index contributed by atoms with van der Waals surface area (Å²) in [6, 6.07) is 4.89. The Balaban J connectivity index is 2.84. The van der Waals surface area contributed by atoms with Gasteiger partial charge >= 0.3 is 5.69 Å². The molecule has 1 rings (SSSR count). The Kier molecular flexibility index (Phi) is 4.45. The monoisotopic (exact) mass is 239 g/mol. The second-order valence-corrected chi connectivity index (χ2v) is 4.30. The first-order valence-corrected chi connectivity index (χ1v) is 5.48. The van der Waals surface area contributed by atoms with Gasteiger partial charge in [0.2, 0.25) is 0 Å². The lowest BCUT2D eigenvalue weighted by molar-refractivity contribution is -0.386. The van der Waals surface area contributed by atoms with Crippen molar-refractivity contribution in [3.63, 3.8) is 0 Å². The molecule has 0 saturated carbocycles. The summed E-state index contributed by atoms with van der Waals surface area (Å²) in [7, 11) is 0. The van der Waals surface area contributed by atoms with Crippen LogP contribution in [0.3, 0.4) is 0 Å². The van der Waals surface area contributed by atoms with Crippen LogP contribution in [0.2, 0.25) is 0 Å². The lowest BCUT2D eigenvalue weighted by Crippen LogP contribution is -2.23. The molecule has 17 heavy (non-hydrogen) atoms. The minimum atomic E-state index is -0.630. The molecule has 1 aromatic rings. The molecule has 0 aliphatic rings. The summed E-state index contributed by atoms with van der Waals surface area (Å²) in [5.74, 6) is 0.258. The third-order valence-electron chi connectivity index (χ3n) is 2.56.